The zero-order valence-corrected chi connectivity index (χ0v) is 10.8. The Bertz CT molecular complexity index is 586. The van der Waals surface area contributed by atoms with Crippen LogP contribution in [0.5, 0.6) is 0 Å². The molecule has 3 nitrogen and oxygen atoms in total. The molecule has 1 amide bonds. The first-order chi connectivity index (χ1) is 8.40. The minimum Gasteiger partial charge on any atom is -0.361 e. The summed E-state index contributed by atoms with van der Waals surface area (Å²) < 4.78 is 13.3. The number of hydrogen-bond acceptors (Lipinski definition) is 1. The third-order valence-corrected chi connectivity index (χ3v) is 3.15. The van der Waals surface area contributed by atoms with Gasteiger partial charge in [0.15, 0.2) is 0 Å². The van der Waals surface area contributed by atoms with E-state index in [0.29, 0.717) is 6.54 Å². The summed E-state index contributed by atoms with van der Waals surface area (Å²) in [5, 5.41) is 3.67. The Morgan fingerprint density at radius 3 is 2.83 bits per heavy atom. The molecule has 0 saturated heterocycles. The Kier molecular flexibility index (Phi) is 3.11. The van der Waals surface area contributed by atoms with Crippen LogP contribution in [0.2, 0.25) is 0 Å². The van der Waals surface area contributed by atoms with Gasteiger partial charge in [-0.15, -0.1) is 0 Å². The molecule has 0 aliphatic carbocycles. The van der Waals surface area contributed by atoms with Crippen LogP contribution >= 0.6 is 0 Å². The average Bonchev–Trinajstić information content (AvgIpc) is 2.70. The maximum atomic E-state index is 13.3. The van der Waals surface area contributed by atoms with E-state index in [1.165, 1.54) is 19.1 Å². The molecule has 1 aromatic carbocycles. The second-order valence-corrected chi connectivity index (χ2v) is 5.19. The van der Waals surface area contributed by atoms with E-state index in [1.54, 1.807) is 6.07 Å². The van der Waals surface area contributed by atoms with Crippen LogP contribution in [-0.4, -0.2) is 17.4 Å². The number of carbonyl (C=O) groups is 1. The Morgan fingerprint density at radius 1 is 1.44 bits per heavy atom. The van der Waals surface area contributed by atoms with Gasteiger partial charge in [0.1, 0.15) is 5.82 Å². The van der Waals surface area contributed by atoms with E-state index in [1.807, 2.05) is 20.0 Å². The molecule has 2 aromatic rings. The first kappa shape index (κ1) is 12.6. The molecule has 18 heavy (non-hydrogen) atoms. The van der Waals surface area contributed by atoms with Crippen LogP contribution in [0.4, 0.5) is 4.39 Å². The van der Waals surface area contributed by atoms with E-state index >= 15 is 0 Å². The Balaban J connectivity index is 2.40. The van der Waals surface area contributed by atoms with Crippen molar-refractivity contribution in [2.75, 3.05) is 6.54 Å². The van der Waals surface area contributed by atoms with Crippen LogP contribution in [0.3, 0.4) is 0 Å². The van der Waals surface area contributed by atoms with Crippen LogP contribution in [0.1, 0.15) is 26.3 Å². The molecule has 1 heterocycles. The molecule has 0 bridgehead atoms. The van der Waals surface area contributed by atoms with Crippen LogP contribution < -0.4 is 5.32 Å². The number of aromatic nitrogens is 1. The summed E-state index contributed by atoms with van der Waals surface area (Å²) >= 11 is 0. The molecule has 96 valence electrons. The van der Waals surface area contributed by atoms with E-state index in [4.69, 9.17) is 0 Å². The summed E-state index contributed by atoms with van der Waals surface area (Å²) in [7, 11) is 0. The molecule has 0 unspecified atom stereocenters. The van der Waals surface area contributed by atoms with Crippen molar-refractivity contribution in [1.82, 2.24) is 10.3 Å². The van der Waals surface area contributed by atoms with Crippen molar-refractivity contribution in [3.8, 4) is 0 Å². The maximum Gasteiger partial charge on any atom is 0.216 e. The molecule has 0 spiro atoms. The van der Waals surface area contributed by atoms with Gasteiger partial charge in [0.2, 0.25) is 5.91 Å². The Morgan fingerprint density at radius 2 is 2.17 bits per heavy atom. The predicted molar refractivity (Wildman–Crippen MR) is 70.0 cm³/mol. The lowest BCUT2D eigenvalue weighted by molar-refractivity contribution is -0.119. The van der Waals surface area contributed by atoms with Gasteiger partial charge in [-0.05, 0) is 23.8 Å². The molecular weight excluding hydrogens is 231 g/mol. The van der Waals surface area contributed by atoms with Gasteiger partial charge in [-0.25, -0.2) is 4.39 Å². The minimum atomic E-state index is -0.252. The maximum absolute atomic E-state index is 13.3. The van der Waals surface area contributed by atoms with Crippen molar-refractivity contribution in [2.45, 2.75) is 26.2 Å². The first-order valence-corrected chi connectivity index (χ1v) is 5.92. The number of halogens is 1. The van der Waals surface area contributed by atoms with Crippen molar-refractivity contribution in [3.63, 3.8) is 0 Å². The van der Waals surface area contributed by atoms with Crippen LogP contribution in [0.15, 0.2) is 24.4 Å². The number of carbonyl (C=O) groups excluding carboxylic acids is 1. The molecular formula is C14H17FN2O. The van der Waals surface area contributed by atoms with E-state index in [-0.39, 0.29) is 17.1 Å². The summed E-state index contributed by atoms with van der Waals surface area (Å²) in [4.78, 5) is 14.1. The second-order valence-electron chi connectivity index (χ2n) is 5.19. The molecule has 0 saturated carbocycles. The standard InChI is InChI=1S/C14H17FN2O/c1-9(18)17-8-14(2,3)12-7-16-13-5-4-10(15)6-11(12)13/h4-7,16H,8H2,1-3H3,(H,17,18). The largest absolute Gasteiger partial charge is 0.361 e. The van der Waals surface area contributed by atoms with Gasteiger partial charge in [0, 0.05) is 36.0 Å². The summed E-state index contributed by atoms with van der Waals surface area (Å²) in [6.07, 6.45) is 1.88. The predicted octanol–water partition coefficient (Wildman–Crippen LogP) is 2.72. The Hall–Kier alpha value is -1.84. The Labute approximate surface area is 105 Å². The summed E-state index contributed by atoms with van der Waals surface area (Å²) in [5.74, 6) is -0.312. The van der Waals surface area contributed by atoms with Gasteiger partial charge >= 0.3 is 0 Å². The number of benzene rings is 1. The number of fused-ring (bicyclic) bond motifs is 1. The second kappa shape index (κ2) is 4.44. The van der Waals surface area contributed by atoms with Crippen molar-refractivity contribution < 1.29 is 9.18 Å². The van der Waals surface area contributed by atoms with Gasteiger partial charge in [-0.1, -0.05) is 13.8 Å². The first-order valence-electron chi connectivity index (χ1n) is 5.92. The third-order valence-electron chi connectivity index (χ3n) is 3.15. The molecule has 0 fully saturated rings. The average molecular weight is 248 g/mol. The molecule has 4 heteroatoms. The molecule has 0 radical (unpaired) electrons. The lowest BCUT2D eigenvalue weighted by Gasteiger charge is -2.24. The van der Waals surface area contributed by atoms with Crippen molar-refractivity contribution in [2.24, 2.45) is 0 Å². The molecule has 0 aliphatic rings. The van der Waals surface area contributed by atoms with Gasteiger partial charge in [0.05, 0.1) is 0 Å². The smallest absolute Gasteiger partial charge is 0.216 e. The van der Waals surface area contributed by atoms with Gasteiger partial charge in [-0.3, -0.25) is 4.79 Å². The lowest BCUT2D eigenvalue weighted by atomic mass is 9.84. The van der Waals surface area contributed by atoms with E-state index in [2.05, 4.69) is 10.3 Å². The van der Waals surface area contributed by atoms with Crippen molar-refractivity contribution >= 4 is 16.8 Å². The zero-order chi connectivity index (χ0) is 13.3. The summed E-state index contributed by atoms with van der Waals surface area (Å²) in [6.45, 7) is 6.06. The highest BCUT2D eigenvalue weighted by Crippen LogP contribution is 2.30. The number of amides is 1. The molecule has 1 aromatic heterocycles. The van der Waals surface area contributed by atoms with Crippen molar-refractivity contribution in [3.05, 3.63) is 35.8 Å². The zero-order valence-electron chi connectivity index (χ0n) is 10.8. The van der Waals surface area contributed by atoms with E-state index in [0.717, 1.165) is 16.5 Å². The topological polar surface area (TPSA) is 44.9 Å². The van der Waals surface area contributed by atoms with Crippen molar-refractivity contribution in [1.29, 1.82) is 0 Å². The minimum absolute atomic E-state index is 0.0610. The lowest BCUT2D eigenvalue weighted by Crippen LogP contribution is -2.35. The number of nitrogens with one attached hydrogen (secondary N) is 2. The van der Waals surface area contributed by atoms with Gasteiger partial charge in [-0.2, -0.15) is 0 Å². The van der Waals surface area contributed by atoms with Gasteiger partial charge in [0.25, 0.3) is 0 Å². The van der Waals surface area contributed by atoms with Gasteiger partial charge < -0.3 is 10.3 Å². The number of aromatic amines is 1. The fraction of sp³-hybridized carbons (Fsp3) is 0.357. The normalized spacial score (nSPS) is 11.8. The SMILES string of the molecule is CC(=O)NCC(C)(C)c1c[nH]c2ccc(F)cc12. The van der Waals surface area contributed by atoms with Crippen LogP contribution in [-0.2, 0) is 10.2 Å². The highest BCUT2D eigenvalue weighted by Gasteiger charge is 2.24. The van der Waals surface area contributed by atoms with E-state index in [9.17, 15) is 9.18 Å². The third kappa shape index (κ3) is 2.37. The van der Waals surface area contributed by atoms with Crippen LogP contribution in [0, 0.1) is 5.82 Å². The number of rotatable bonds is 3. The fourth-order valence-corrected chi connectivity index (χ4v) is 2.09. The highest BCUT2D eigenvalue weighted by molar-refractivity contribution is 5.84. The van der Waals surface area contributed by atoms with Crippen LogP contribution in [0.25, 0.3) is 10.9 Å². The highest BCUT2D eigenvalue weighted by atomic mass is 19.1. The molecule has 0 aliphatic heterocycles. The van der Waals surface area contributed by atoms with E-state index < -0.39 is 0 Å². The summed E-state index contributed by atoms with van der Waals surface area (Å²) in [5.41, 5.74) is 1.66. The molecule has 2 N–H and O–H groups in total. The molecule has 0 atom stereocenters. The fourth-order valence-electron chi connectivity index (χ4n) is 2.09. The number of H-pyrrole nitrogens is 1. The summed E-state index contributed by atoms with van der Waals surface area (Å²) in [6, 6.07) is 4.68. The number of hydrogen-bond donors (Lipinski definition) is 2. The quantitative estimate of drug-likeness (QED) is 0.862. The monoisotopic (exact) mass is 248 g/mol. The molecule has 2 rings (SSSR count).